The summed E-state index contributed by atoms with van der Waals surface area (Å²) in [4.78, 5) is 12.3. The maximum Gasteiger partial charge on any atom is 0.234 e. The molecule has 0 fully saturated rings. The number of methoxy groups -OCH3 is 3. The number of hydrogen-bond acceptors (Lipinski definition) is 7. The van der Waals surface area contributed by atoms with Crippen molar-refractivity contribution in [3.63, 3.8) is 0 Å². The molecule has 0 saturated carbocycles. The molecule has 3 rings (SSSR count). The van der Waals surface area contributed by atoms with Crippen LogP contribution in [0.2, 0.25) is 0 Å². The fourth-order valence-electron chi connectivity index (χ4n) is 2.55. The minimum absolute atomic E-state index is 0.178. The van der Waals surface area contributed by atoms with Crippen LogP contribution < -0.4 is 19.5 Å². The molecule has 2 aromatic carbocycles. The standard InChI is InChI=1S/C21H21N3O4S/c1-26-15-6-4-14(5-7-15)17-9-11-21(24-23-17)29-13-20(25)22-18-12-16(27-2)8-10-19(18)28-3/h4-12H,13H2,1-3H3,(H,22,25). The van der Waals surface area contributed by atoms with E-state index in [-0.39, 0.29) is 11.7 Å². The summed E-state index contributed by atoms with van der Waals surface area (Å²) in [5.74, 6) is 1.99. The van der Waals surface area contributed by atoms with Crippen molar-refractivity contribution in [1.29, 1.82) is 0 Å². The highest BCUT2D eigenvalue weighted by Gasteiger charge is 2.10. The van der Waals surface area contributed by atoms with Gasteiger partial charge in [0.1, 0.15) is 22.3 Å². The molecule has 0 saturated heterocycles. The minimum atomic E-state index is -0.178. The Morgan fingerprint density at radius 2 is 1.62 bits per heavy atom. The van der Waals surface area contributed by atoms with Gasteiger partial charge < -0.3 is 19.5 Å². The number of amides is 1. The molecule has 0 bridgehead atoms. The van der Waals surface area contributed by atoms with E-state index in [9.17, 15) is 4.79 Å². The molecule has 7 nitrogen and oxygen atoms in total. The number of hydrogen-bond donors (Lipinski definition) is 1. The van der Waals surface area contributed by atoms with Gasteiger partial charge in [0.2, 0.25) is 5.91 Å². The highest BCUT2D eigenvalue weighted by Crippen LogP contribution is 2.29. The van der Waals surface area contributed by atoms with Crippen molar-refractivity contribution in [3.05, 3.63) is 54.6 Å². The van der Waals surface area contributed by atoms with Crippen LogP contribution >= 0.6 is 11.8 Å². The Balaban J connectivity index is 1.59. The average molecular weight is 411 g/mol. The highest BCUT2D eigenvalue weighted by atomic mass is 32.2. The maximum absolute atomic E-state index is 12.3. The number of ether oxygens (including phenoxy) is 3. The van der Waals surface area contributed by atoms with Crippen LogP contribution in [0.1, 0.15) is 0 Å². The predicted octanol–water partition coefficient (Wildman–Crippen LogP) is 3.90. The normalized spacial score (nSPS) is 10.3. The van der Waals surface area contributed by atoms with E-state index in [0.717, 1.165) is 17.0 Å². The number of nitrogens with zero attached hydrogens (tertiary/aromatic N) is 2. The summed E-state index contributed by atoms with van der Waals surface area (Å²) in [6, 6.07) is 16.5. The lowest BCUT2D eigenvalue weighted by Gasteiger charge is -2.11. The molecule has 29 heavy (non-hydrogen) atoms. The number of benzene rings is 2. The van der Waals surface area contributed by atoms with E-state index >= 15 is 0 Å². The summed E-state index contributed by atoms with van der Waals surface area (Å²) in [5, 5.41) is 11.9. The molecular weight excluding hydrogens is 390 g/mol. The van der Waals surface area contributed by atoms with Crippen LogP contribution in [0.25, 0.3) is 11.3 Å². The van der Waals surface area contributed by atoms with Gasteiger partial charge in [0.25, 0.3) is 0 Å². The Labute approximate surface area is 173 Å². The number of rotatable bonds is 8. The van der Waals surface area contributed by atoms with Gasteiger partial charge in [-0.2, -0.15) is 0 Å². The molecule has 150 valence electrons. The largest absolute Gasteiger partial charge is 0.497 e. The average Bonchev–Trinajstić information content (AvgIpc) is 2.78. The second kappa shape index (κ2) is 9.79. The first-order valence-electron chi connectivity index (χ1n) is 8.75. The Hall–Kier alpha value is -3.26. The third-order valence-electron chi connectivity index (χ3n) is 4.06. The second-order valence-electron chi connectivity index (χ2n) is 5.89. The summed E-state index contributed by atoms with van der Waals surface area (Å²) < 4.78 is 15.6. The van der Waals surface area contributed by atoms with Crippen LogP contribution in [-0.4, -0.2) is 43.2 Å². The van der Waals surface area contributed by atoms with Crippen molar-refractivity contribution < 1.29 is 19.0 Å². The lowest BCUT2D eigenvalue weighted by Crippen LogP contribution is -2.15. The Kier molecular flexibility index (Phi) is 6.91. The zero-order valence-corrected chi connectivity index (χ0v) is 17.2. The van der Waals surface area contributed by atoms with Gasteiger partial charge in [0.15, 0.2) is 0 Å². The summed E-state index contributed by atoms with van der Waals surface area (Å²) in [7, 11) is 4.74. The molecule has 0 spiro atoms. The third-order valence-corrected chi connectivity index (χ3v) is 4.98. The summed E-state index contributed by atoms with van der Waals surface area (Å²) in [6.07, 6.45) is 0. The van der Waals surface area contributed by atoms with E-state index in [1.807, 2.05) is 36.4 Å². The number of nitrogens with one attached hydrogen (secondary N) is 1. The van der Waals surface area contributed by atoms with Crippen LogP contribution in [0, 0.1) is 0 Å². The molecule has 1 heterocycles. The van der Waals surface area contributed by atoms with Gasteiger partial charge in [-0.3, -0.25) is 4.79 Å². The zero-order chi connectivity index (χ0) is 20.6. The van der Waals surface area contributed by atoms with Crippen molar-refractivity contribution in [2.45, 2.75) is 5.03 Å². The van der Waals surface area contributed by atoms with Crippen LogP contribution in [0.15, 0.2) is 59.6 Å². The predicted molar refractivity (Wildman–Crippen MR) is 113 cm³/mol. The third kappa shape index (κ3) is 5.39. The zero-order valence-electron chi connectivity index (χ0n) is 16.3. The number of thioether (sulfide) groups is 1. The molecule has 0 radical (unpaired) electrons. The summed E-state index contributed by atoms with van der Waals surface area (Å²) >= 11 is 1.30. The molecule has 0 atom stereocenters. The molecular formula is C21H21N3O4S. The SMILES string of the molecule is COc1ccc(-c2ccc(SCC(=O)Nc3cc(OC)ccc3OC)nn2)cc1. The molecule has 8 heteroatoms. The lowest BCUT2D eigenvalue weighted by atomic mass is 10.1. The first kappa shape index (κ1) is 20.5. The van der Waals surface area contributed by atoms with Gasteiger partial charge in [-0.15, -0.1) is 10.2 Å². The summed E-state index contributed by atoms with van der Waals surface area (Å²) in [6.45, 7) is 0. The number of aromatic nitrogens is 2. The fraction of sp³-hybridized carbons (Fsp3) is 0.190. The maximum atomic E-state index is 12.3. The number of carbonyl (C=O) groups excluding carboxylic acids is 1. The molecule has 3 aromatic rings. The second-order valence-corrected chi connectivity index (χ2v) is 6.88. The molecule has 1 amide bonds. The lowest BCUT2D eigenvalue weighted by molar-refractivity contribution is -0.113. The van der Waals surface area contributed by atoms with Crippen molar-refractivity contribution >= 4 is 23.4 Å². The van der Waals surface area contributed by atoms with E-state index < -0.39 is 0 Å². The topological polar surface area (TPSA) is 82.6 Å². The van der Waals surface area contributed by atoms with E-state index in [1.54, 1.807) is 39.5 Å². The Morgan fingerprint density at radius 1 is 0.897 bits per heavy atom. The van der Waals surface area contributed by atoms with Gasteiger partial charge in [-0.05, 0) is 48.5 Å². The van der Waals surface area contributed by atoms with E-state index in [4.69, 9.17) is 14.2 Å². The molecule has 1 N–H and O–H groups in total. The van der Waals surface area contributed by atoms with Crippen LogP contribution in [0.4, 0.5) is 5.69 Å². The fourth-order valence-corrected chi connectivity index (χ4v) is 3.16. The molecule has 1 aromatic heterocycles. The minimum Gasteiger partial charge on any atom is -0.497 e. The Morgan fingerprint density at radius 3 is 2.24 bits per heavy atom. The van der Waals surface area contributed by atoms with E-state index in [2.05, 4.69) is 15.5 Å². The van der Waals surface area contributed by atoms with Gasteiger partial charge in [-0.1, -0.05) is 11.8 Å². The van der Waals surface area contributed by atoms with Crippen LogP contribution in [0.3, 0.4) is 0 Å². The molecule has 0 aliphatic carbocycles. The van der Waals surface area contributed by atoms with Crippen LogP contribution in [-0.2, 0) is 4.79 Å². The van der Waals surface area contributed by atoms with Crippen LogP contribution in [0.5, 0.6) is 17.2 Å². The van der Waals surface area contributed by atoms with Gasteiger partial charge in [-0.25, -0.2) is 0 Å². The quantitative estimate of drug-likeness (QED) is 0.563. The van der Waals surface area contributed by atoms with Crippen molar-refractivity contribution in [2.24, 2.45) is 0 Å². The number of carbonyl (C=O) groups is 1. The van der Waals surface area contributed by atoms with Gasteiger partial charge in [0, 0.05) is 11.6 Å². The smallest absolute Gasteiger partial charge is 0.234 e. The molecule has 0 aliphatic heterocycles. The first-order valence-corrected chi connectivity index (χ1v) is 9.74. The van der Waals surface area contributed by atoms with E-state index in [1.165, 1.54) is 11.8 Å². The highest BCUT2D eigenvalue weighted by molar-refractivity contribution is 7.99. The Bertz CT molecular complexity index is 963. The first-order chi connectivity index (χ1) is 14.1. The summed E-state index contributed by atoms with van der Waals surface area (Å²) in [5.41, 5.74) is 2.25. The molecule has 0 aliphatic rings. The van der Waals surface area contributed by atoms with Crippen molar-refractivity contribution in [2.75, 3.05) is 32.4 Å². The van der Waals surface area contributed by atoms with Crippen molar-refractivity contribution in [1.82, 2.24) is 10.2 Å². The van der Waals surface area contributed by atoms with Crippen molar-refractivity contribution in [3.8, 4) is 28.5 Å². The van der Waals surface area contributed by atoms with E-state index in [0.29, 0.717) is 22.2 Å². The van der Waals surface area contributed by atoms with Gasteiger partial charge >= 0.3 is 0 Å². The van der Waals surface area contributed by atoms with Gasteiger partial charge in [0.05, 0.1) is 38.5 Å². The monoisotopic (exact) mass is 411 g/mol. The number of anilines is 1. The molecule has 0 unspecified atom stereocenters.